The van der Waals surface area contributed by atoms with Crippen molar-refractivity contribution < 1.29 is 18.7 Å². The van der Waals surface area contributed by atoms with E-state index in [-0.39, 0.29) is 5.31 Å². The van der Waals surface area contributed by atoms with E-state index in [0.717, 1.165) is 24.8 Å². The predicted octanol–water partition coefficient (Wildman–Crippen LogP) is 3.86. The average molecular weight is 276 g/mol. The quantitative estimate of drug-likeness (QED) is 0.566. The predicted molar refractivity (Wildman–Crippen MR) is 73.7 cm³/mol. The van der Waals surface area contributed by atoms with Gasteiger partial charge in [0.25, 0.3) is 0 Å². The molecular weight excluding hydrogens is 251 g/mol. The molecule has 0 aromatic rings. The minimum absolute atomic E-state index is 0.175. The largest absolute Gasteiger partial charge is 0.385 e. The lowest BCUT2D eigenvalue weighted by Gasteiger charge is -2.25. The lowest BCUT2D eigenvalue weighted by atomic mass is 10.1. The van der Waals surface area contributed by atoms with Crippen molar-refractivity contribution in [2.24, 2.45) is 0 Å². The van der Waals surface area contributed by atoms with E-state index in [1.54, 1.807) is 13.8 Å². The van der Waals surface area contributed by atoms with Gasteiger partial charge in [-0.05, 0) is 39.2 Å². The summed E-state index contributed by atoms with van der Waals surface area (Å²) in [5, 5.41) is 10.3. The highest BCUT2D eigenvalue weighted by Crippen LogP contribution is 2.58. The molecule has 0 unspecified atom stereocenters. The summed E-state index contributed by atoms with van der Waals surface area (Å²) < 4.78 is 22.3. The van der Waals surface area contributed by atoms with Crippen LogP contribution in [0.15, 0.2) is 16.6 Å². The first kappa shape index (κ1) is 17.6. The van der Waals surface area contributed by atoms with Crippen LogP contribution in [0.2, 0.25) is 0 Å². The molecule has 1 N–H and O–H groups in total. The molecule has 18 heavy (non-hydrogen) atoms. The molecule has 0 aliphatic carbocycles. The zero-order chi connectivity index (χ0) is 14.4. The van der Waals surface area contributed by atoms with Gasteiger partial charge in [-0.2, -0.15) is 0 Å². The van der Waals surface area contributed by atoms with Crippen molar-refractivity contribution in [1.82, 2.24) is 0 Å². The fraction of sp³-hybridized carbons (Fsp3) is 0.769. The fourth-order valence-corrected chi connectivity index (χ4v) is 3.03. The molecule has 5 heteroatoms. The smallest absolute Gasteiger partial charge is 0.367 e. The fourth-order valence-electron chi connectivity index (χ4n) is 1.52. The number of unbranched alkanes of at least 4 members (excludes halogenated alkanes) is 1. The standard InChI is InChI=1S/C13H25O4P/c1-7-8-9-11(2)10-12(13(3,4)14)18(15,16-5)17-6/h14H,7-9H2,1-6H3. The summed E-state index contributed by atoms with van der Waals surface area (Å²) in [7, 11) is -0.855. The Bertz CT molecular complexity index is 365. The molecule has 0 aliphatic heterocycles. The highest BCUT2D eigenvalue weighted by atomic mass is 31.2. The molecular formula is C13H25O4P. The maximum atomic E-state index is 12.4. The molecule has 0 bridgehead atoms. The third kappa shape index (κ3) is 5.09. The van der Waals surface area contributed by atoms with Crippen LogP contribution in [0, 0.1) is 0 Å². The van der Waals surface area contributed by atoms with Crippen molar-refractivity contribution >= 4 is 7.60 Å². The molecule has 0 atom stereocenters. The summed E-state index contributed by atoms with van der Waals surface area (Å²) in [4.78, 5) is 0. The summed E-state index contributed by atoms with van der Waals surface area (Å²) in [5.41, 5.74) is 2.64. The van der Waals surface area contributed by atoms with Crippen molar-refractivity contribution in [1.29, 1.82) is 0 Å². The third-order valence-corrected chi connectivity index (χ3v) is 4.74. The Morgan fingerprint density at radius 1 is 1.33 bits per heavy atom. The maximum absolute atomic E-state index is 12.4. The first-order valence-corrected chi connectivity index (χ1v) is 7.66. The number of hydrogen-bond donors (Lipinski definition) is 1. The van der Waals surface area contributed by atoms with Crippen molar-refractivity contribution in [3.8, 4) is 0 Å². The first-order chi connectivity index (χ1) is 8.21. The molecule has 0 fully saturated rings. The minimum atomic E-state index is -3.46. The van der Waals surface area contributed by atoms with Gasteiger partial charge in [-0.15, -0.1) is 5.73 Å². The number of rotatable bonds is 7. The summed E-state index contributed by atoms with van der Waals surface area (Å²) in [5.74, 6) is 0. The van der Waals surface area contributed by atoms with Crippen LogP contribution in [0.5, 0.6) is 0 Å². The average Bonchev–Trinajstić information content (AvgIpc) is 2.31. The molecule has 0 spiro atoms. The molecule has 0 heterocycles. The van der Waals surface area contributed by atoms with Gasteiger partial charge < -0.3 is 14.2 Å². The van der Waals surface area contributed by atoms with Crippen LogP contribution in [-0.2, 0) is 13.6 Å². The number of hydrogen-bond acceptors (Lipinski definition) is 4. The lowest BCUT2D eigenvalue weighted by molar-refractivity contribution is 0.121. The Morgan fingerprint density at radius 3 is 2.17 bits per heavy atom. The summed E-state index contributed by atoms with van der Waals surface area (Å²) in [6.45, 7) is 7.10. The molecule has 4 nitrogen and oxygen atoms in total. The minimum Gasteiger partial charge on any atom is -0.385 e. The van der Waals surface area contributed by atoms with Crippen LogP contribution >= 0.6 is 7.60 Å². The van der Waals surface area contributed by atoms with E-state index in [1.165, 1.54) is 14.2 Å². The summed E-state index contributed by atoms with van der Waals surface area (Å²) in [6.07, 6.45) is 2.95. The van der Waals surface area contributed by atoms with Gasteiger partial charge >= 0.3 is 7.60 Å². The van der Waals surface area contributed by atoms with Gasteiger partial charge in [0.15, 0.2) is 0 Å². The zero-order valence-corrected chi connectivity index (χ0v) is 13.1. The van der Waals surface area contributed by atoms with Crippen LogP contribution in [0.25, 0.3) is 0 Å². The normalized spacial score (nSPS) is 12.2. The second-order valence-corrected chi connectivity index (χ2v) is 6.95. The van der Waals surface area contributed by atoms with E-state index < -0.39 is 13.2 Å². The van der Waals surface area contributed by atoms with Crippen LogP contribution in [0.3, 0.4) is 0 Å². The van der Waals surface area contributed by atoms with Gasteiger partial charge in [0.1, 0.15) is 5.31 Å². The molecule has 0 radical (unpaired) electrons. The van der Waals surface area contributed by atoms with Gasteiger partial charge in [0, 0.05) is 14.2 Å². The van der Waals surface area contributed by atoms with Crippen molar-refractivity contribution in [3.05, 3.63) is 16.6 Å². The Morgan fingerprint density at radius 2 is 1.83 bits per heavy atom. The molecule has 0 amide bonds. The molecule has 0 aromatic carbocycles. The first-order valence-electron chi connectivity index (χ1n) is 6.12. The highest BCUT2D eigenvalue weighted by Gasteiger charge is 2.38. The van der Waals surface area contributed by atoms with Crippen molar-refractivity contribution in [3.63, 3.8) is 0 Å². The second kappa shape index (κ2) is 7.28. The Labute approximate surface area is 110 Å². The van der Waals surface area contributed by atoms with E-state index in [4.69, 9.17) is 9.05 Å². The molecule has 0 saturated heterocycles. The van der Waals surface area contributed by atoms with Gasteiger partial charge in [-0.3, -0.25) is 4.57 Å². The Balaban J connectivity index is 5.66. The van der Waals surface area contributed by atoms with Crippen LogP contribution in [0.1, 0.15) is 47.0 Å². The Hall–Kier alpha value is -0.370. The van der Waals surface area contributed by atoms with E-state index in [9.17, 15) is 9.67 Å². The molecule has 0 rings (SSSR count). The van der Waals surface area contributed by atoms with Crippen LogP contribution < -0.4 is 0 Å². The Kier molecular flexibility index (Phi) is 7.13. The molecule has 0 saturated carbocycles. The molecule has 0 aliphatic rings. The van der Waals surface area contributed by atoms with E-state index in [2.05, 4.69) is 12.7 Å². The van der Waals surface area contributed by atoms with E-state index >= 15 is 0 Å². The van der Waals surface area contributed by atoms with Gasteiger partial charge in [0.05, 0.1) is 5.60 Å². The topological polar surface area (TPSA) is 55.8 Å². The SMILES string of the molecule is CCCCC(C)=C=C(C(C)(C)O)P(=O)(OC)OC. The lowest BCUT2D eigenvalue weighted by Crippen LogP contribution is -2.22. The zero-order valence-electron chi connectivity index (χ0n) is 12.2. The van der Waals surface area contributed by atoms with Gasteiger partial charge in [0.2, 0.25) is 0 Å². The molecule has 0 aromatic heterocycles. The number of aliphatic hydroxyl groups is 1. The highest BCUT2D eigenvalue weighted by molar-refractivity contribution is 7.58. The van der Waals surface area contributed by atoms with Crippen LogP contribution in [-0.4, -0.2) is 24.9 Å². The van der Waals surface area contributed by atoms with E-state index in [1.807, 2.05) is 6.92 Å². The maximum Gasteiger partial charge on any atom is 0.367 e. The second-order valence-electron chi connectivity index (χ2n) is 4.78. The van der Waals surface area contributed by atoms with Crippen LogP contribution in [0.4, 0.5) is 0 Å². The summed E-state index contributed by atoms with van der Waals surface area (Å²) in [6, 6.07) is 0. The monoisotopic (exact) mass is 276 g/mol. The van der Waals surface area contributed by atoms with Gasteiger partial charge in [-0.1, -0.05) is 13.3 Å². The third-order valence-electron chi connectivity index (χ3n) is 2.57. The van der Waals surface area contributed by atoms with Gasteiger partial charge in [-0.25, -0.2) is 0 Å². The van der Waals surface area contributed by atoms with Crippen molar-refractivity contribution in [2.75, 3.05) is 14.2 Å². The summed E-state index contributed by atoms with van der Waals surface area (Å²) >= 11 is 0. The molecule has 106 valence electrons. The van der Waals surface area contributed by atoms with Crippen molar-refractivity contribution in [2.45, 2.75) is 52.6 Å². The van der Waals surface area contributed by atoms with E-state index in [0.29, 0.717) is 0 Å².